The lowest BCUT2D eigenvalue weighted by Crippen LogP contribution is -2.38. The highest BCUT2D eigenvalue weighted by atomic mass is 16.2. The van der Waals surface area contributed by atoms with Gasteiger partial charge in [0.15, 0.2) is 0 Å². The number of piperidine rings is 1. The van der Waals surface area contributed by atoms with Crippen LogP contribution in [-0.2, 0) is 16.0 Å². The van der Waals surface area contributed by atoms with Crippen LogP contribution in [0.25, 0.3) is 0 Å². The number of fused-ring (bicyclic) bond motifs is 1. The van der Waals surface area contributed by atoms with Crippen molar-refractivity contribution in [2.24, 2.45) is 5.92 Å². The summed E-state index contributed by atoms with van der Waals surface area (Å²) in [5.74, 6) is -0.304. The molecule has 140 valence electrons. The van der Waals surface area contributed by atoms with Gasteiger partial charge in [0.1, 0.15) is 0 Å². The molecular weight excluding hydrogens is 338 g/mol. The molecule has 2 heterocycles. The molecule has 2 aromatic carbocycles. The summed E-state index contributed by atoms with van der Waals surface area (Å²) in [6.07, 6.45) is 3.22. The molecule has 0 bridgehead atoms. The van der Waals surface area contributed by atoms with Crippen LogP contribution in [0.5, 0.6) is 0 Å². The Balaban J connectivity index is 1.39. The van der Waals surface area contributed by atoms with E-state index in [1.54, 1.807) is 4.90 Å². The van der Waals surface area contributed by atoms with E-state index < -0.39 is 11.8 Å². The maximum absolute atomic E-state index is 12.6. The molecule has 0 aliphatic carbocycles. The average molecular weight is 363 g/mol. The molecule has 0 atom stereocenters. The normalized spacial score (nSPS) is 16.9. The van der Waals surface area contributed by atoms with Gasteiger partial charge in [-0.1, -0.05) is 25.1 Å². The summed E-state index contributed by atoms with van der Waals surface area (Å²) in [6, 6.07) is 15.5. The number of anilines is 3. The maximum Gasteiger partial charge on any atom is 0.316 e. The Morgan fingerprint density at radius 2 is 1.67 bits per heavy atom. The number of carbonyl (C=O) groups excluding carboxylic acids is 2. The average Bonchev–Trinajstić information content (AvgIpc) is 3.13. The third-order valence-electron chi connectivity index (χ3n) is 5.60. The fraction of sp³-hybridized carbons (Fsp3) is 0.364. The van der Waals surface area contributed by atoms with Crippen LogP contribution in [0.3, 0.4) is 0 Å². The molecule has 0 unspecified atom stereocenters. The van der Waals surface area contributed by atoms with Gasteiger partial charge in [-0.25, -0.2) is 0 Å². The first kappa shape index (κ1) is 17.6. The van der Waals surface area contributed by atoms with Crippen LogP contribution < -0.4 is 15.1 Å². The molecule has 5 nitrogen and oxygen atoms in total. The van der Waals surface area contributed by atoms with E-state index in [4.69, 9.17) is 0 Å². The number of amides is 2. The number of hydrogen-bond donors (Lipinski definition) is 1. The summed E-state index contributed by atoms with van der Waals surface area (Å²) < 4.78 is 0. The summed E-state index contributed by atoms with van der Waals surface area (Å²) in [7, 11) is 0. The zero-order chi connectivity index (χ0) is 18.8. The number of nitrogens with one attached hydrogen (secondary N) is 1. The van der Waals surface area contributed by atoms with E-state index in [1.807, 2.05) is 48.5 Å². The second-order valence-electron chi connectivity index (χ2n) is 7.51. The van der Waals surface area contributed by atoms with Crippen molar-refractivity contribution in [2.45, 2.75) is 26.2 Å². The second-order valence-corrected chi connectivity index (χ2v) is 7.51. The van der Waals surface area contributed by atoms with E-state index in [0.29, 0.717) is 12.2 Å². The summed E-state index contributed by atoms with van der Waals surface area (Å²) in [5, 5.41) is 2.74. The maximum atomic E-state index is 12.6. The van der Waals surface area contributed by atoms with Crippen LogP contribution in [0.4, 0.5) is 17.1 Å². The monoisotopic (exact) mass is 363 g/mol. The Labute approximate surface area is 160 Å². The summed E-state index contributed by atoms with van der Waals surface area (Å²) in [6.45, 7) is 4.99. The first-order valence-electron chi connectivity index (χ1n) is 9.67. The van der Waals surface area contributed by atoms with Gasteiger partial charge in [0.2, 0.25) is 0 Å². The molecule has 1 N–H and O–H groups in total. The quantitative estimate of drug-likeness (QED) is 0.832. The minimum absolute atomic E-state index is 0.506. The van der Waals surface area contributed by atoms with Gasteiger partial charge in [-0.15, -0.1) is 0 Å². The fourth-order valence-corrected chi connectivity index (χ4v) is 3.88. The highest BCUT2D eigenvalue weighted by Gasteiger charge is 2.28. The van der Waals surface area contributed by atoms with Gasteiger partial charge in [-0.05, 0) is 61.1 Å². The first-order chi connectivity index (χ1) is 13.1. The van der Waals surface area contributed by atoms with Crippen molar-refractivity contribution in [1.29, 1.82) is 0 Å². The lowest BCUT2D eigenvalue weighted by molar-refractivity contribution is -0.134. The van der Waals surface area contributed by atoms with Gasteiger partial charge in [-0.3, -0.25) is 9.59 Å². The van der Waals surface area contributed by atoms with E-state index in [-0.39, 0.29) is 0 Å². The highest BCUT2D eigenvalue weighted by Crippen LogP contribution is 2.28. The highest BCUT2D eigenvalue weighted by molar-refractivity contribution is 6.44. The largest absolute Gasteiger partial charge is 0.372 e. The van der Waals surface area contributed by atoms with Gasteiger partial charge < -0.3 is 15.1 Å². The van der Waals surface area contributed by atoms with Crippen molar-refractivity contribution in [3.05, 3.63) is 54.1 Å². The molecule has 0 radical (unpaired) electrons. The molecule has 27 heavy (non-hydrogen) atoms. The van der Waals surface area contributed by atoms with Crippen LogP contribution >= 0.6 is 0 Å². The Hall–Kier alpha value is -2.82. The minimum atomic E-state index is -0.591. The molecular formula is C22H25N3O2. The van der Waals surface area contributed by atoms with Crippen LogP contribution in [0.2, 0.25) is 0 Å². The van der Waals surface area contributed by atoms with Crippen molar-refractivity contribution < 1.29 is 9.59 Å². The molecule has 0 saturated carbocycles. The first-order valence-corrected chi connectivity index (χ1v) is 9.67. The molecule has 2 amide bonds. The molecule has 4 rings (SSSR count). The van der Waals surface area contributed by atoms with Gasteiger partial charge in [-0.2, -0.15) is 0 Å². The predicted molar refractivity (Wildman–Crippen MR) is 108 cm³/mol. The Morgan fingerprint density at radius 1 is 0.963 bits per heavy atom. The lowest BCUT2D eigenvalue weighted by Gasteiger charge is -2.32. The van der Waals surface area contributed by atoms with Crippen LogP contribution in [0.15, 0.2) is 48.5 Å². The zero-order valence-corrected chi connectivity index (χ0v) is 15.6. The van der Waals surface area contributed by atoms with Gasteiger partial charge >= 0.3 is 11.8 Å². The van der Waals surface area contributed by atoms with Gasteiger partial charge in [0, 0.05) is 36.7 Å². The zero-order valence-electron chi connectivity index (χ0n) is 15.6. The van der Waals surface area contributed by atoms with Crippen LogP contribution in [0.1, 0.15) is 25.3 Å². The molecule has 0 spiro atoms. The van der Waals surface area contributed by atoms with E-state index in [1.165, 1.54) is 18.5 Å². The summed E-state index contributed by atoms with van der Waals surface area (Å²) >= 11 is 0. The summed E-state index contributed by atoms with van der Waals surface area (Å²) in [5.41, 5.74) is 3.76. The molecule has 2 aromatic rings. The standard InChI is InChI=1S/C22H25N3O2/c1-16-10-13-24(14-11-16)19-8-6-18(7-9-19)23-21(26)22(27)25-15-12-17-4-2-3-5-20(17)25/h2-9,16H,10-15H2,1H3,(H,23,26). The topological polar surface area (TPSA) is 52.7 Å². The van der Waals surface area contributed by atoms with E-state index in [0.717, 1.165) is 36.7 Å². The molecule has 1 saturated heterocycles. The molecule has 2 aliphatic heterocycles. The number of hydrogen-bond acceptors (Lipinski definition) is 3. The Kier molecular flexibility index (Phi) is 4.84. The van der Waals surface area contributed by atoms with Crippen LogP contribution in [0, 0.1) is 5.92 Å². The fourth-order valence-electron chi connectivity index (χ4n) is 3.88. The smallest absolute Gasteiger partial charge is 0.316 e. The van der Waals surface area contributed by atoms with Crippen molar-refractivity contribution >= 4 is 28.9 Å². The van der Waals surface area contributed by atoms with Crippen molar-refractivity contribution in [2.75, 3.05) is 34.8 Å². The summed E-state index contributed by atoms with van der Waals surface area (Å²) in [4.78, 5) is 28.9. The number of benzene rings is 2. The molecule has 2 aliphatic rings. The number of nitrogens with zero attached hydrogens (tertiary/aromatic N) is 2. The molecule has 5 heteroatoms. The van der Waals surface area contributed by atoms with Gasteiger partial charge in [0.25, 0.3) is 0 Å². The SMILES string of the molecule is CC1CCN(c2ccc(NC(=O)C(=O)N3CCc4ccccc43)cc2)CC1. The predicted octanol–water partition coefficient (Wildman–Crippen LogP) is 3.45. The van der Waals surface area contributed by atoms with E-state index in [2.05, 4.69) is 17.1 Å². The molecule has 0 aromatic heterocycles. The Morgan fingerprint density at radius 3 is 2.41 bits per heavy atom. The van der Waals surface area contributed by atoms with Crippen molar-refractivity contribution in [3.63, 3.8) is 0 Å². The van der Waals surface area contributed by atoms with Crippen LogP contribution in [-0.4, -0.2) is 31.4 Å². The van der Waals surface area contributed by atoms with E-state index in [9.17, 15) is 9.59 Å². The van der Waals surface area contributed by atoms with Crippen molar-refractivity contribution in [3.8, 4) is 0 Å². The number of carbonyl (C=O) groups is 2. The molecule has 1 fully saturated rings. The Bertz CT molecular complexity index is 839. The minimum Gasteiger partial charge on any atom is -0.372 e. The third kappa shape index (κ3) is 3.68. The van der Waals surface area contributed by atoms with Gasteiger partial charge in [0.05, 0.1) is 0 Å². The second kappa shape index (κ2) is 7.43. The van der Waals surface area contributed by atoms with Crippen molar-refractivity contribution in [1.82, 2.24) is 0 Å². The lowest BCUT2D eigenvalue weighted by atomic mass is 9.99. The number of rotatable bonds is 2. The van der Waals surface area contributed by atoms with E-state index >= 15 is 0 Å². The third-order valence-corrected chi connectivity index (χ3v) is 5.60. The number of para-hydroxylation sites is 1.